The van der Waals surface area contributed by atoms with Crippen LogP contribution >= 0.6 is 23.1 Å². The smallest absolute Gasteiger partial charge is 0.313 e. The molecule has 6 nitrogen and oxygen atoms in total. The summed E-state index contributed by atoms with van der Waals surface area (Å²) in [6.07, 6.45) is 3.33. The summed E-state index contributed by atoms with van der Waals surface area (Å²) in [5.74, 6) is -1.35. The van der Waals surface area contributed by atoms with Crippen LogP contribution in [0.5, 0.6) is 0 Å². The van der Waals surface area contributed by atoms with E-state index in [0.717, 1.165) is 4.90 Å². The van der Waals surface area contributed by atoms with Crippen LogP contribution in [0.4, 0.5) is 5.69 Å². The van der Waals surface area contributed by atoms with E-state index in [1.165, 1.54) is 29.4 Å². The van der Waals surface area contributed by atoms with E-state index in [1.807, 2.05) is 23.8 Å². The minimum Gasteiger partial charge on any atom is -0.466 e. The highest BCUT2D eigenvalue weighted by atomic mass is 32.2. The monoisotopic (exact) mass is 402 g/mol. The first-order valence-electron chi connectivity index (χ1n) is 8.07. The van der Waals surface area contributed by atoms with Gasteiger partial charge in [-0.25, -0.2) is 0 Å². The van der Waals surface area contributed by atoms with Crippen LogP contribution in [0, 0.1) is 0 Å². The van der Waals surface area contributed by atoms with Gasteiger partial charge in [-0.1, -0.05) is 18.2 Å². The maximum atomic E-state index is 12.3. The van der Waals surface area contributed by atoms with Crippen LogP contribution in [0.2, 0.25) is 0 Å². The second kappa shape index (κ2) is 8.43. The van der Waals surface area contributed by atoms with E-state index >= 15 is 0 Å². The third-order valence-corrected chi connectivity index (χ3v) is 5.74. The molecule has 0 aliphatic heterocycles. The number of rotatable bonds is 6. The molecule has 0 spiro atoms. The summed E-state index contributed by atoms with van der Waals surface area (Å²) in [5, 5.41) is 18.0. The van der Waals surface area contributed by atoms with Crippen molar-refractivity contribution >= 4 is 40.6 Å². The maximum Gasteiger partial charge on any atom is 0.313 e. The Balaban J connectivity index is 1.70. The van der Waals surface area contributed by atoms with Crippen molar-refractivity contribution in [1.29, 1.82) is 0 Å². The number of thiophene rings is 1. The molecule has 1 atom stereocenters. The molecule has 0 radical (unpaired) electrons. The molecule has 0 bridgehead atoms. The van der Waals surface area contributed by atoms with Crippen LogP contribution in [0.25, 0.3) is 0 Å². The number of furan rings is 1. The second-order valence-electron chi connectivity index (χ2n) is 5.65. The number of para-hydroxylation sites is 1. The number of carbonyl (C=O) groups is 2. The van der Waals surface area contributed by atoms with Gasteiger partial charge in [0.2, 0.25) is 0 Å². The number of amides is 2. The van der Waals surface area contributed by atoms with Gasteiger partial charge in [-0.3, -0.25) is 9.59 Å². The van der Waals surface area contributed by atoms with E-state index in [2.05, 4.69) is 10.6 Å². The largest absolute Gasteiger partial charge is 0.466 e. The minimum atomic E-state index is -1.55. The molecule has 0 unspecified atom stereocenters. The van der Waals surface area contributed by atoms with Crippen LogP contribution in [0.15, 0.2) is 69.5 Å². The second-order valence-corrected chi connectivity index (χ2v) is 7.45. The third kappa shape index (κ3) is 4.24. The Kier molecular flexibility index (Phi) is 6.00. The van der Waals surface area contributed by atoms with Crippen LogP contribution < -0.4 is 10.6 Å². The third-order valence-electron chi connectivity index (χ3n) is 3.92. The lowest BCUT2D eigenvalue weighted by Crippen LogP contribution is -2.44. The van der Waals surface area contributed by atoms with Gasteiger partial charge in [-0.05, 0) is 42.0 Å². The summed E-state index contributed by atoms with van der Waals surface area (Å²) in [6.45, 7) is -0.197. The first kappa shape index (κ1) is 19.2. The van der Waals surface area contributed by atoms with E-state index in [4.69, 9.17) is 4.42 Å². The van der Waals surface area contributed by atoms with Gasteiger partial charge in [0.15, 0.2) is 5.60 Å². The first-order chi connectivity index (χ1) is 13.0. The summed E-state index contributed by atoms with van der Waals surface area (Å²) in [4.78, 5) is 26.0. The molecule has 0 saturated heterocycles. The van der Waals surface area contributed by atoms with Crippen LogP contribution in [-0.2, 0) is 15.2 Å². The number of aliphatic hydroxyl groups is 1. The molecule has 2 aromatic heterocycles. The average molecular weight is 402 g/mol. The van der Waals surface area contributed by atoms with Crippen molar-refractivity contribution in [3.63, 3.8) is 0 Å². The van der Waals surface area contributed by atoms with Crippen molar-refractivity contribution in [2.75, 3.05) is 18.1 Å². The number of anilines is 1. The van der Waals surface area contributed by atoms with Gasteiger partial charge < -0.3 is 20.2 Å². The molecule has 0 saturated carbocycles. The fourth-order valence-electron chi connectivity index (χ4n) is 2.54. The molecule has 2 amide bonds. The topological polar surface area (TPSA) is 91.6 Å². The number of thioether (sulfide) groups is 1. The lowest BCUT2D eigenvalue weighted by atomic mass is 9.98. The normalized spacial score (nSPS) is 13.0. The Morgan fingerprint density at radius 1 is 1.15 bits per heavy atom. The van der Waals surface area contributed by atoms with E-state index < -0.39 is 17.4 Å². The van der Waals surface area contributed by atoms with Gasteiger partial charge in [-0.15, -0.1) is 23.1 Å². The number of hydrogen-bond donors (Lipinski definition) is 3. The molecule has 3 rings (SSSR count). The van der Waals surface area contributed by atoms with Crippen molar-refractivity contribution in [3.8, 4) is 0 Å². The van der Waals surface area contributed by atoms with Crippen LogP contribution in [-0.4, -0.2) is 29.7 Å². The zero-order valence-corrected chi connectivity index (χ0v) is 16.1. The van der Waals surface area contributed by atoms with Crippen LogP contribution in [0.1, 0.15) is 10.6 Å². The zero-order valence-electron chi connectivity index (χ0n) is 14.5. The van der Waals surface area contributed by atoms with Gasteiger partial charge >= 0.3 is 11.8 Å². The minimum absolute atomic E-state index is 0.197. The Morgan fingerprint density at radius 2 is 1.96 bits per heavy atom. The van der Waals surface area contributed by atoms with Crippen molar-refractivity contribution in [1.82, 2.24) is 5.32 Å². The highest BCUT2D eigenvalue weighted by Gasteiger charge is 2.36. The standard InChI is InChI=1S/C19H18N2O4S2/c1-26-14-7-3-2-6-13(14)21-18(23)17(22)20-12-19(24,15-8-4-10-25-15)16-9-5-11-27-16/h2-11,24H,12H2,1H3,(H,20,22)(H,21,23)/t19-/m1/s1. The zero-order chi connectivity index (χ0) is 19.3. The van der Waals surface area contributed by atoms with Crippen molar-refractivity contribution in [2.45, 2.75) is 10.5 Å². The summed E-state index contributed by atoms with van der Waals surface area (Å²) in [5.41, 5.74) is -0.991. The SMILES string of the molecule is CSc1ccccc1NC(=O)C(=O)NC[C@@](O)(c1ccco1)c1cccs1. The fourth-order valence-corrected chi connectivity index (χ4v) is 3.92. The van der Waals surface area contributed by atoms with Gasteiger partial charge in [0.25, 0.3) is 0 Å². The molecular weight excluding hydrogens is 384 g/mol. The average Bonchev–Trinajstić information content (AvgIpc) is 3.40. The molecule has 3 N–H and O–H groups in total. The molecule has 3 aromatic rings. The number of benzene rings is 1. The first-order valence-corrected chi connectivity index (χ1v) is 10.2. The van der Waals surface area contributed by atoms with Crippen molar-refractivity contribution < 1.29 is 19.1 Å². The quantitative estimate of drug-likeness (QED) is 0.435. The Hall–Kier alpha value is -2.55. The Labute approximate surface area is 164 Å². The lowest BCUT2D eigenvalue weighted by molar-refractivity contribution is -0.136. The molecule has 0 fully saturated rings. The molecular formula is C19H18N2O4S2. The number of carbonyl (C=O) groups excluding carboxylic acids is 2. The van der Waals surface area contributed by atoms with Crippen molar-refractivity contribution in [2.24, 2.45) is 0 Å². The van der Waals surface area contributed by atoms with E-state index in [-0.39, 0.29) is 6.54 Å². The molecule has 0 aliphatic rings. The summed E-state index contributed by atoms with van der Waals surface area (Å²) in [7, 11) is 0. The van der Waals surface area contributed by atoms with Gasteiger partial charge in [-0.2, -0.15) is 0 Å². The highest BCUT2D eigenvalue weighted by molar-refractivity contribution is 7.98. The van der Waals surface area contributed by atoms with Gasteiger partial charge in [0, 0.05) is 9.77 Å². The maximum absolute atomic E-state index is 12.3. The number of nitrogens with one attached hydrogen (secondary N) is 2. The van der Waals surface area contributed by atoms with Crippen molar-refractivity contribution in [3.05, 3.63) is 70.8 Å². The van der Waals surface area contributed by atoms with E-state index in [9.17, 15) is 14.7 Å². The molecule has 140 valence electrons. The highest BCUT2D eigenvalue weighted by Crippen LogP contribution is 2.32. The lowest BCUT2D eigenvalue weighted by Gasteiger charge is -2.25. The molecule has 27 heavy (non-hydrogen) atoms. The van der Waals surface area contributed by atoms with Crippen LogP contribution in [0.3, 0.4) is 0 Å². The number of hydrogen-bond acceptors (Lipinski definition) is 6. The Morgan fingerprint density at radius 3 is 2.63 bits per heavy atom. The molecule has 2 heterocycles. The van der Waals surface area contributed by atoms with Gasteiger partial charge in [0.1, 0.15) is 5.76 Å². The van der Waals surface area contributed by atoms with E-state index in [1.54, 1.807) is 36.4 Å². The summed E-state index contributed by atoms with van der Waals surface area (Å²) in [6, 6.07) is 14.0. The molecule has 1 aromatic carbocycles. The Bertz CT molecular complexity index is 873. The fraction of sp³-hybridized carbons (Fsp3) is 0.158. The molecule has 8 heteroatoms. The van der Waals surface area contributed by atoms with Gasteiger partial charge in [0.05, 0.1) is 18.5 Å². The predicted molar refractivity (Wildman–Crippen MR) is 106 cm³/mol. The predicted octanol–water partition coefficient (Wildman–Crippen LogP) is 3.05. The molecule has 0 aliphatic carbocycles. The summed E-state index contributed by atoms with van der Waals surface area (Å²) < 4.78 is 5.34. The summed E-state index contributed by atoms with van der Waals surface area (Å²) >= 11 is 2.80. The van der Waals surface area contributed by atoms with E-state index in [0.29, 0.717) is 16.3 Å².